The lowest BCUT2D eigenvalue weighted by Crippen LogP contribution is -2.36. The molecule has 158 valence electrons. The van der Waals surface area contributed by atoms with Gasteiger partial charge in [-0.25, -0.2) is 0 Å². The molecule has 0 radical (unpaired) electrons. The number of nitrogens with one attached hydrogen (secondary N) is 2. The van der Waals surface area contributed by atoms with Gasteiger partial charge in [-0.3, -0.25) is 4.79 Å². The number of hydrogen-bond acceptors (Lipinski definition) is 5. The number of carbonyl (C=O) groups is 1. The first-order chi connectivity index (χ1) is 14.2. The summed E-state index contributed by atoms with van der Waals surface area (Å²) in [7, 11) is 0. The summed E-state index contributed by atoms with van der Waals surface area (Å²) in [6.07, 6.45) is 2.69. The number of carbonyl (C=O) groups excluding carboxylic acids is 1. The molecule has 0 unspecified atom stereocenters. The molecule has 30 heavy (non-hydrogen) atoms. The number of rotatable bonds is 8. The predicted octanol–water partition coefficient (Wildman–Crippen LogP) is 5.33. The molecule has 0 spiro atoms. The average Bonchev–Trinajstić information content (AvgIpc) is 2.72. The third-order valence-corrected chi connectivity index (χ3v) is 5.10. The molecule has 0 saturated carbocycles. The van der Waals surface area contributed by atoms with Gasteiger partial charge in [0.2, 0.25) is 0 Å². The standard InChI is InChI=1S/C23H26ClN3O3/c1-5-19(26-14-23(3,4)6-2)27-22(29)20-17(28)12-11-15(13-25)21(20)30-18-10-8-7-9-16(18)24/h5,7-12,26,28H,6,14H2,1-4H3,(H,27,29)/b19-5+. The lowest BCUT2D eigenvalue weighted by atomic mass is 9.90. The summed E-state index contributed by atoms with van der Waals surface area (Å²) in [5.41, 5.74) is -0.00922. The maximum Gasteiger partial charge on any atom is 0.264 e. The molecule has 0 aliphatic heterocycles. The van der Waals surface area contributed by atoms with Crippen molar-refractivity contribution in [1.29, 1.82) is 5.26 Å². The third kappa shape index (κ3) is 5.68. The molecule has 0 fully saturated rings. The number of nitriles is 1. The molecule has 0 atom stereocenters. The van der Waals surface area contributed by atoms with Crippen LogP contribution in [-0.2, 0) is 0 Å². The van der Waals surface area contributed by atoms with Crippen molar-refractivity contribution in [2.24, 2.45) is 5.41 Å². The van der Waals surface area contributed by atoms with Gasteiger partial charge >= 0.3 is 0 Å². The Bertz CT molecular complexity index is 994. The zero-order chi connectivity index (χ0) is 22.3. The number of amides is 1. The third-order valence-electron chi connectivity index (χ3n) is 4.78. The number of phenolic OH excluding ortho intramolecular Hbond substituents is 1. The Labute approximate surface area is 182 Å². The van der Waals surface area contributed by atoms with Crippen LogP contribution in [0, 0.1) is 16.7 Å². The van der Waals surface area contributed by atoms with Crippen molar-refractivity contribution in [1.82, 2.24) is 10.6 Å². The molecular weight excluding hydrogens is 402 g/mol. The van der Waals surface area contributed by atoms with Gasteiger partial charge < -0.3 is 20.5 Å². The zero-order valence-electron chi connectivity index (χ0n) is 17.5. The second-order valence-corrected chi connectivity index (χ2v) is 7.92. The Balaban J connectivity index is 2.37. The molecule has 0 aliphatic rings. The quantitative estimate of drug-likeness (QED) is 0.529. The minimum absolute atomic E-state index is 0.0418. The molecule has 0 bridgehead atoms. The molecule has 2 aromatic carbocycles. The molecule has 3 N–H and O–H groups in total. The van der Waals surface area contributed by atoms with Crippen LogP contribution in [0.4, 0.5) is 0 Å². The van der Waals surface area contributed by atoms with E-state index in [4.69, 9.17) is 16.3 Å². The van der Waals surface area contributed by atoms with E-state index in [-0.39, 0.29) is 33.8 Å². The molecule has 0 aliphatic carbocycles. The van der Waals surface area contributed by atoms with Crippen LogP contribution in [0.5, 0.6) is 17.2 Å². The van der Waals surface area contributed by atoms with E-state index in [1.54, 1.807) is 37.3 Å². The molecule has 0 saturated heterocycles. The van der Waals surface area contributed by atoms with Crippen LogP contribution in [0.25, 0.3) is 0 Å². The van der Waals surface area contributed by atoms with E-state index in [9.17, 15) is 15.2 Å². The van der Waals surface area contributed by atoms with Gasteiger partial charge in [0.05, 0.1) is 10.6 Å². The number of allylic oxidation sites excluding steroid dienone is 1. The number of benzene rings is 2. The lowest BCUT2D eigenvalue weighted by Gasteiger charge is -2.25. The van der Waals surface area contributed by atoms with Crippen LogP contribution < -0.4 is 15.4 Å². The number of halogens is 1. The largest absolute Gasteiger partial charge is 0.507 e. The highest BCUT2D eigenvalue weighted by Gasteiger charge is 2.24. The van der Waals surface area contributed by atoms with Crippen LogP contribution in [0.2, 0.25) is 5.02 Å². The average molecular weight is 428 g/mol. The van der Waals surface area contributed by atoms with Gasteiger partial charge in [0.1, 0.15) is 29.0 Å². The fourth-order valence-electron chi connectivity index (χ4n) is 2.49. The van der Waals surface area contributed by atoms with Gasteiger partial charge in [0, 0.05) is 6.54 Å². The summed E-state index contributed by atoms with van der Waals surface area (Å²) in [6, 6.07) is 11.4. The van der Waals surface area contributed by atoms with Crippen molar-refractivity contribution in [3.63, 3.8) is 0 Å². The number of aromatic hydroxyl groups is 1. The first-order valence-electron chi connectivity index (χ1n) is 9.62. The van der Waals surface area contributed by atoms with E-state index in [1.165, 1.54) is 12.1 Å². The zero-order valence-corrected chi connectivity index (χ0v) is 18.3. The van der Waals surface area contributed by atoms with Crippen LogP contribution in [0.15, 0.2) is 48.3 Å². The van der Waals surface area contributed by atoms with Gasteiger partial charge in [-0.2, -0.15) is 5.26 Å². The highest BCUT2D eigenvalue weighted by Crippen LogP contribution is 2.37. The molecule has 2 rings (SSSR count). The number of phenols is 1. The van der Waals surface area contributed by atoms with Crippen LogP contribution in [-0.4, -0.2) is 17.6 Å². The second kappa shape index (κ2) is 10.0. The smallest absolute Gasteiger partial charge is 0.264 e. The Morgan fingerprint density at radius 2 is 2.00 bits per heavy atom. The van der Waals surface area contributed by atoms with Gasteiger partial charge in [-0.1, -0.05) is 44.5 Å². The summed E-state index contributed by atoms with van der Waals surface area (Å²) in [6.45, 7) is 8.77. The van der Waals surface area contributed by atoms with Crippen molar-refractivity contribution in [2.75, 3.05) is 6.54 Å². The summed E-state index contributed by atoms with van der Waals surface area (Å²) in [5, 5.41) is 26.1. The van der Waals surface area contributed by atoms with Gasteiger partial charge in [0.25, 0.3) is 5.91 Å². The predicted molar refractivity (Wildman–Crippen MR) is 118 cm³/mol. The Kier molecular flexibility index (Phi) is 7.73. The topological polar surface area (TPSA) is 94.4 Å². The SMILES string of the molecule is C/C=C(\NCC(C)(C)CC)NC(=O)c1c(O)ccc(C#N)c1Oc1ccccc1Cl. The summed E-state index contributed by atoms with van der Waals surface area (Å²) < 4.78 is 5.80. The summed E-state index contributed by atoms with van der Waals surface area (Å²) in [4.78, 5) is 13.0. The maximum absolute atomic E-state index is 13.0. The normalized spacial score (nSPS) is 11.5. The molecule has 0 heterocycles. The van der Waals surface area contributed by atoms with E-state index in [0.29, 0.717) is 17.4 Å². The van der Waals surface area contributed by atoms with Gasteiger partial charge in [0.15, 0.2) is 5.75 Å². The maximum atomic E-state index is 13.0. The number of nitrogens with zero attached hydrogens (tertiary/aromatic N) is 1. The highest BCUT2D eigenvalue weighted by atomic mass is 35.5. The molecular formula is C23H26ClN3O3. The monoisotopic (exact) mass is 427 g/mol. The molecule has 0 aromatic heterocycles. The fourth-order valence-corrected chi connectivity index (χ4v) is 2.66. The molecule has 1 amide bonds. The van der Waals surface area contributed by atoms with Crippen molar-refractivity contribution in [2.45, 2.75) is 34.1 Å². The van der Waals surface area contributed by atoms with E-state index in [1.807, 2.05) is 6.07 Å². The Morgan fingerprint density at radius 3 is 2.60 bits per heavy atom. The van der Waals surface area contributed by atoms with E-state index < -0.39 is 5.91 Å². The van der Waals surface area contributed by atoms with E-state index in [0.717, 1.165) is 6.42 Å². The first kappa shape index (κ1) is 23.1. The molecule has 7 heteroatoms. The number of ether oxygens (including phenoxy) is 1. The fraction of sp³-hybridized carbons (Fsp3) is 0.304. The highest BCUT2D eigenvalue weighted by molar-refractivity contribution is 6.32. The summed E-state index contributed by atoms with van der Waals surface area (Å²) in [5.74, 6) is -0.219. The van der Waals surface area contributed by atoms with Gasteiger partial charge in [-0.05, 0) is 49.1 Å². The molecule has 6 nitrogen and oxygen atoms in total. The van der Waals surface area contributed by atoms with Crippen LogP contribution >= 0.6 is 11.6 Å². The van der Waals surface area contributed by atoms with Crippen molar-refractivity contribution >= 4 is 17.5 Å². The van der Waals surface area contributed by atoms with E-state index >= 15 is 0 Å². The Morgan fingerprint density at radius 1 is 1.30 bits per heavy atom. The summed E-state index contributed by atoms with van der Waals surface area (Å²) >= 11 is 6.16. The van der Waals surface area contributed by atoms with Crippen molar-refractivity contribution < 1.29 is 14.6 Å². The number of para-hydroxylation sites is 1. The molecule has 2 aromatic rings. The Hall–Kier alpha value is -3.17. The van der Waals surface area contributed by atoms with Crippen molar-refractivity contribution in [3.8, 4) is 23.3 Å². The minimum Gasteiger partial charge on any atom is -0.507 e. The first-order valence-corrected chi connectivity index (χ1v) is 10.00. The van der Waals surface area contributed by atoms with Crippen molar-refractivity contribution in [3.05, 3.63) is 64.4 Å². The van der Waals surface area contributed by atoms with Gasteiger partial charge in [-0.15, -0.1) is 0 Å². The lowest BCUT2D eigenvalue weighted by molar-refractivity contribution is 0.0957. The van der Waals surface area contributed by atoms with E-state index in [2.05, 4.69) is 31.4 Å². The minimum atomic E-state index is -0.610. The second-order valence-electron chi connectivity index (χ2n) is 7.51. The van der Waals surface area contributed by atoms with Crippen LogP contribution in [0.1, 0.15) is 50.0 Å². The van der Waals surface area contributed by atoms with Crippen LogP contribution in [0.3, 0.4) is 0 Å². The number of hydrogen-bond donors (Lipinski definition) is 3.